The molecular formula is C15H15ClN4O. The van der Waals surface area contributed by atoms with Gasteiger partial charge in [0.2, 0.25) is 0 Å². The fourth-order valence-corrected chi connectivity index (χ4v) is 2.24. The molecule has 1 aromatic carbocycles. The smallest absolute Gasteiger partial charge is 0.257 e. The van der Waals surface area contributed by atoms with E-state index < -0.39 is 0 Å². The first-order chi connectivity index (χ1) is 10.1. The Hall–Kier alpha value is -2.32. The van der Waals surface area contributed by atoms with E-state index in [0.29, 0.717) is 34.9 Å². The van der Waals surface area contributed by atoms with E-state index in [9.17, 15) is 5.26 Å². The molecule has 0 aliphatic carbocycles. The molecule has 5 nitrogen and oxygen atoms in total. The maximum atomic E-state index is 9.39. The molecule has 0 atom stereocenters. The number of benzene rings is 1. The van der Waals surface area contributed by atoms with Gasteiger partial charge in [-0.05, 0) is 36.6 Å². The van der Waals surface area contributed by atoms with Gasteiger partial charge in [0.05, 0.1) is 11.4 Å². The molecule has 0 saturated heterocycles. The summed E-state index contributed by atoms with van der Waals surface area (Å²) in [6, 6.07) is 7.03. The van der Waals surface area contributed by atoms with Crippen molar-refractivity contribution in [3.8, 4) is 17.7 Å². The maximum Gasteiger partial charge on any atom is 0.257 e. The number of hydrogen-bond acceptors (Lipinski definition) is 5. The first-order valence-corrected chi connectivity index (χ1v) is 6.99. The normalized spacial score (nSPS) is 10.2. The fraction of sp³-hybridized carbons (Fsp3) is 0.267. The van der Waals surface area contributed by atoms with Crippen molar-refractivity contribution >= 4 is 17.3 Å². The topological polar surface area (TPSA) is 84.8 Å². The molecule has 108 valence electrons. The van der Waals surface area contributed by atoms with Crippen LogP contribution in [0, 0.1) is 11.3 Å². The van der Waals surface area contributed by atoms with Crippen molar-refractivity contribution in [2.45, 2.75) is 26.7 Å². The van der Waals surface area contributed by atoms with E-state index >= 15 is 0 Å². The number of hydrogen-bond donors (Lipinski definition) is 1. The van der Waals surface area contributed by atoms with Crippen LogP contribution in [0.25, 0.3) is 0 Å². The van der Waals surface area contributed by atoms with Crippen molar-refractivity contribution in [1.82, 2.24) is 10.2 Å². The zero-order chi connectivity index (χ0) is 15.4. The highest BCUT2D eigenvalue weighted by molar-refractivity contribution is 6.30. The number of nitrogens with zero attached hydrogens (tertiary/aromatic N) is 3. The Morgan fingerprint density at radius 2 is 2.05 bits per heavy atom. The summed E-state index contributed by atoms with van der Waals surface area (Å²) in [4.78, 5) is 0. The molecule has 0 radical (unpaired) electrons. The van der Waals surface area contributed by atoms with Gasteiger partial charge in [0.15, 0.2) is 5.75 Å². The van der Waals surface area contributed by atoms with Gasteiger partial charge in [0, 0.05) is 5.02 Å². The van der Waals surface area contributed by atoms with Crippen molar-refractivity contribution in [1.29, 1.82) is 5.26 Å². The lowest BCUT2D eigenvalue weighted by atomic mass is 10.0. The number of halogens is 1. The Balaban J connectivity index is 2.47. The number of aromatic nitrogens is 2. The minimum atomic E-state index is 0.167. The van der Waals surface area contributed by atoms with E-state index in [2.05, 4.69) is 16.3 Å². The number of nitrogen functional groups attached to an aromatic ring is 1. The predicted octanol–water partition coefficient (Wildman–Crippen LogP) is 3.50. The van der Waals surface area contributed by atoms with Crippen molar-refractivity contribution < 1.29 is 4.74 Å². The molecule has 2 rings (SSSR count). The van der Waals surface area contributed by atoms with Crippen molar-refractivity contribution in [2.75, 3.05) is 5.73 Å². The van der Waals surface area contributed by atoms with Crippen LogP contribution >= 0.6 is 11.6 Å². The van der Waals surface area contributed by atoms with E-state index in [1.807, 2.05) is 13.8 Å². The van der Waals surface area contributed by atoms with Crippen LogP contribution in [-0.4, -0.2) is 10.2 Å². The molecule has 1 heterocycles. The molecule has 6 heteroatoms. The Morgan fingerprint density at radius 3 is 2.62 bits per heavy atom. The summed E-state index contributed by atoms with van der Waals surface area (Å²) in [6.45, 7) is 3.94. The molecule has 0 aliphatic rings. The molecule has 0 amide bonds. The molecule has 2 aromatic rings. The fourth-order valence-electron chi connectivity index (χ4n) is 2.06. The monoisotopic (exact) mass is 302 g/mol. The zero-order valence-corrected chi connectivity index (χ0v) is 12.6. The van der Waals surface area contributed by atoms with Gasteiger partial charge in [0.25, 0.3) is 5.88 Å². The summed E-state index contributed by atoms with van der Waals surface area (Å²) >= 11 is 5.85. The van der Waals surface area contributed by atoms with Crippen molar-refractivity contribution in [2.24, 2.45) is 0 Å². The minimum absolute atomic E-state index is 0.167. The second-order valence-corrected chi connectivity index (χ2v) is 4.84. The molecule has 0 spiro atoms. The lowest BCUT2D eigenvalue weighted by Crippen LogP contribution is -2.05. The first kappa shape index (κ1) is 15.1. The molecule has 1 aromatic heterocycles. The third-order valence-corrected chi connectivity index (χ3v) is 3.34. The average molecular weight is 303 g/mol. The standard InChI is InChI=1S/C15H15ClN4O/c1-3-10-11(8-17)15(20-19-13(10)4-2)21-14-6-5-9(16)7-12(14)18/h5-7H,3-4,18H2,1-2H3. The van der Waals surface area contributed by atoms with Gasteiger partial charge in [-0.2, -0.15) is 10.4 Å². The van der Waals surface area contributed by atoms with E-state index in [1.54, 1.807) is 18.2 Å². The second-order valence-electron chi connectivity index (χ2n) is 4.41. The van der Waals surface area contributed by atoms with E-state index in [1.165, 1.54) is 0 Å². The average Bonchev–Trinajstić information content (AvgIpc) is 2.49. The maximum absolute atomic E-state index is 9.39. The van der Waals surface area contributed by atoms with Crippen LogP contribution in [0.15, 0.2) is 18.2 Å². The number of anilines is 1. The van der Waals surface area contributed by atoms with Crippen LogP contribution in [0.2, 0.25) is 5.02 Å². The van der Waals surface area contributed by atoms with Gasteiger partial charge in [-0.3, -0.25) is 0 Å². The van der Waals surface area contributed by atoms with Crippen LogP contribution < -0.4 is 10.5 Å². The van der Waals surface area contributed by atoms with Gasteiger partial charge in [-0.15, -0.1) is 5.10 Å². The van der Waals surface area contributed by atoms with Gasteiger partial charge in [-0.25, -0.2) is 0 Å². The van der Waals surface area contributed by atoms with E-state index in [-0.39, 0.29) is 5.88 Å². The predicted molar refractivity (Wildman–Crippen MR) is 81.4 cm³/mol. The summed E-state index contributed by atoms with van der Waals surface area (Å²) in [5.74, 6) is 0.567. The largest absolute Gasteiger partial charge is 0.434 e. The Labute approximate surface area is 128 Å². The minimum Gasteiger partial charge on any atom is -0.434 e. The summed E-state index contributed by atoms with van der Waals surface area (Å²) < 4.78 is 5.65. The summed E-state index contributed by atoms with van der Waals surface area (Å²) in [7, 11) is 0. The quantitative estimate of drug-likeness (QED) is 0.874. The van der Waals surface area contributed by atoms with E-state index in [4.69, 9.17) is 22.1 Å². The molecule has 0 unspecified atom stereocenters. The highest BCUT2D eigenvalue weighted by Crippen LogP contribution is 2.31. The Bertz CT molecular complexity index is 710. The summed E-state index contributed by atoms with van der Waals surface area (Å²) in [6.07, 6.45) is 1.41. The zero-order valence-electron chi connectivity index (χ0n) is 11.9. The molecule has 2 N–H and O–H groups in total. The highest BCUT2D eigenvalue weighted by Gasteiger charge is 2.16. The van der Waals surface area contributed by atoms with Gasteiger partial charge < -0.3 is 10.5 Å². The van der Waals surface area contributed by atoms with E-state index in [0.717, 1.165) is 11.3 Å². The molecule has 21 heavy (non-hydrogen) atoms. The third kappa shape index (κ3) is 3.06. The summed E-state index contributed by atoms with van der Waals surface area (Å²) in [5.41, 5.74) is 8.30. The number of ether oxygens (including phenoxy) is 1. The molecule has 0 aliphatic heterocycles. The van der Waals surface area contributed by atoms with Crippen molar-refractivity contribution in [3.63, 3.8) is 0 Å². The van der Waals surface area contributed by atoms with Crippen LogP contribution in [0.4, 0.5) is 5.69 Å². The van der Waals surface area contributed by atoms with Crippen LogP contribution in [0.1, 0.15) is 30.7 Å². The van der Waals surface area contributed by atoms with Crippen LogP contribution in [-0.2, 0) is 12.8 Å². The summed E-state index contributed by atoms with van der Waals surface area (Å²) in [5, 5.41) is 18.0. The number of nitrogens with two attached hydrogens (primary N) is 1. The van der Waals surface area contributed by atoms with Crippen LogP contribution in [0.3, 0.4) is 0 Å². The second kappa shape index (κ2) is 6.42. The first-order valence-electron chi connectivity index (χ1n) is 6.62. The molecular weight excluding hydrogens is 288 g/mol. The third-order valence-electron chi connectivity index (χ3n) is 3.10. The van der Waals surface area contributed by atoms with Crippen molar-refractivity contribution in [3.05, 3.63) is 40.0 Å². The number of aryl methyl sites for hydroxylation is 1. The lowest BCUT2D eigenvalue weighted by Gasteiger charge is -2.12. The van der Waals surface area contributed by atoms with Gasteiger partial charge >= 0.3 is 0 Å². The van der Waals surface area contributed by atoms with Gasteiger partial charge in [0.1, 0.15) is 11.6 Å². The van der Waals surface area contributed by atoms with Crippen LogP contribution in [0.5, 0.6) is 11.6 Å². The number of rotatable bonds is 4. The molecule has 0 bridgehead atoms. The number of nitriles is 1. The highest BCUT2D eigenvalue weighted by atomic mass is 35.5. The Kier molecular flexibility index (Phi) is 4.61. The Morgan fingerprint density at radius 1 is 1.29 bits per heavy atom. The van der Waals surface area contributed by atoms with Gasteiger partial charge in [-0.1, -0.05) is 25.4 Å². The molecule has 0 fully saturated rings. The SMILES string of the molecule is CCc1nnc(Oc2ccc(Cl)cc2N)c(C#N)c1CC. The lowest BCUT2D eigenvalue weighted by molar-refractivity contribution is 0.453. The molecule has 0 saturated carbocycles.